The second-order valence-electron chi connectivity index (χ2n) is 2.46. The fourth-order valence-electron chi connectivity index (χ4n) is 0.358. The molecule has 0 aromatic heterocycles. The molecular formula is C7H13IN2. The van der Waals surface area contributed by atoms with Crippen molar-refractivity contribution >= 4 is 29.6 Å². The topological polar surface area (TPSA) is 15.6 Å². The second-order valence-corrected chi connectivity index (χ2v) is 3.45. The summed E-state index contributed by atoms with van der Waals surface area (Å²) in [6.45, 7) is 9.79. The summed E-state index contributed by atoms with van der Waals surface area (Å²) in [5.41, 5.74) is 1.31. The van der Waals surface area contributed by atoms with Crippen LogP contribution in [0.4, 0.5) is 0 Å². The third-order valence-electron chi connectivity index (χ3n) is 1.36. The monoisotopic (exact) mass is 252 g/mol. The van der Waals surface area contributed by atoms with Crippen LogP contribution in [-0.4, -0.2) is 9.94 Å². The van der Waals surface area contributed by atoms with E-state index in [1.165, 1.54) is 5.57 Å². The number of hydrazone groups is 1. The Labute approximate surface area is 76.5 Å². The van der Waals surface area contributed by atoms with Crippen LogP contribution < -0.4 is 0 Å². The molecule has 0 bridgehead atoms. The molecule has 0 fully saturated rings. The zero-order valence-corrected chi connectivity index (χ0v) is 8.79. The average Bonchev–Trinajstić information content (AvgIpc) is 1.87. The Morgan fingerprint density at radius 2 is 2.20 bits per heavy atom. The van der Waals surface area contributed by atoms with Crippen LogP contribution in [0.2, 0.25) is 0 Å². The quantitative estimate of drug-likeness (QED) is 0.326. The number of halogens is 1. The number of nitrogens with zero attached hydrogens (tertiary/aromatic N) is 2. The SMILES string of the molecule is C=NN(I)/C=C(\C)C(C)C. The van der Waals surface area contributed by atoms with E-state index in [1.54, 1.807) is 3.22 Å². The van der Waals surface area contributed by atoms with E-state index < -0.39 is 0 Å². The molecule has 0 amide bonds. The zero-order valence-electron chi connectivity index (χ0n) is 6.63. The van der Waals surface area contributed by atoms with Crippen LogP contribution in [0, 0.1) is 5.92 Å². The molecule has 0 unspecified atom stereocenters. The lowest BCUT2D eigenvalue weighted by Gasteiger charge is -2.07. The molecule has 0 aliphatic carbocycles. The van der Waals surface area contributed by atoms with Crippen molar-refractivity contribution in [1.82, 2.24) is 3.22 Å². The minimum atomic E-state index is 0.582. The van der Waals surface area contributed by atoms with Crippen molar-refractivity contribution in [3.63, 3.8) is 0 Å². The largest absolute Gasteiger partial charge is 0.212 e. The van der Waals surface area contributed by atoms with E-state index in [-0.39, 0.29) is 0 Å². The summed E-state index contributed by atoms with van der Waals surface area (Å²) in [6, 6.07) is 0. The van der Waals surface area contributed by atoms with Gasteiger partial charge in [-0.3, -0.25) is 0 Å². The van der Waals surface area contributed by atoms with Gasteiger partial charge >= 0.3 is 0 Å². The first-order chi connectivity index (χ1) is 4.57. The highest BCUT2D eigenvalue weighted by atomic mass is 127. The summed E-state index contributed by atoms with van der Waals surface area (Å²) in [4.78, 5) is 0. The van der Waals surface area contributed by atoms with E-state index in [0.29, 0.717) is 5.92 Å². The molecule has 0 radical (unpaired) electrons. The van der Waals surface area contributed by atoms with E-state index in [2.05, 4.69) is 55.5 Å². The summed E-state index contributed by atoms with van der Waals surface area (Å²) in [5.74, 6) is 0.582. The molecule has 0 aliphatic rings. The van der Waals surface area contributed by atoms with Gasteiger partial charge in [0.05, 0.1) is 22.9 Å². The van der Waals surface area contributed by atoms with Gasteiger partial charge in [-0.15, -0.1) is 0 Å². The van der Waals surface area contributed by atoms with Gasteiger partial charge in [0.15, 0.2) is 0 Å². The molecule has 0 atom stereocenters. The van der Waals surface area contributed by atoms with Gasteiger partial charge in [-0.2, -0.15) is 5.10 Å². The maximum atomic E-state index is 3.70. The van der Waals surface area contributed by atoms with Gasteiger partial charge in [-0.25, -0.2) is 3.22 Å². The van der Waals surface area contributed by atoms with Crippen LogP contribution >= 0.6 is 22.9 Å². The Kier molecular flexibility index (Phi) is 4.68. The number of hydrogen-bond donors (Lipinski definition) is 0. The molecule has 0 aromatic rings. The van der Waals surface area contributed by atoms with Crippen LogP contribution in [0.3, 0.4) is 0 Å². The van der Waals surface area contributed by atoms with Gasteiger partial charge in [-0.1, -0.05) is 19.4 Å². The normalized spacial score (nSPS) is 11.9. The summed E-state index contributed by atoms with van der Waals surface area (Å²) in [5, 5.41) is 3.70. The minimum Gasteiger partial charge on any atom is -0.212 e. The van der Waals surface area contributed by atoms with Crippen molar-refractivity contribution in [2.45, 2.75) is 20.8 Å². The van der Waals surface area contributed by atoms with Gasteiger partial charge in [0.1, 0.15) is 0 Å². The Hall–Kier alpha value is -0.0600. The highest BCUT2D eigenvalue weighted by Crippen LogP contribution is 2.11. The van der Waals surface area contributed by atoms with Crippen molar-refractivity contribution < 1.29 is 0 Å². The first-order valence-corrected chi connectivity index (χ1v) is 4.14. The third kappa shape index (κ3) is 3.87. The van der Waals surface area contributed by atoms with Gasteiger partial charge in [0, 0.05) is 12.9 Å². The third-order valence-corrected chi connectivity index (χ3v) is 1.94. The highest BCUT2D eigenvalue weighted by Gasteiger charge is 1.96. The molecule has 0 saturated carbocycles. The van der Waals surface area contributed by atoms with Crippen molar-refractivity contribution in [2.24, 2.45) is 11.0 Å². The zero-order chi connectivity index (χ0) is 8.15. The lowest BCUT2D eigenvalue weighted by molar-refractivity contribution is 0.685. The number of allylic oxidation sites excluding steroid dienone is 1. The van der Waals surface area contributed by atoms with Crippen LogP contribution in [0.15, 0.2) is 16.9 Å². The van der Waals surface area contributed by atoms with E-state index in [9.17, 15) is 0 Å². The van der Waals surface area contributed by atoms with Gasteiger partial charge in [-0.05, 0) is 12.8 Å². The Balaban J connectivity index is 4.01. The van der Waals surface area contributed by atoms with Gasteiger partial charge in [0.25, 0.3) is 0 Å². The second kappa shape index (κ2) is 4.71. The first-order valence-electron chi connectivity index (χ1n) is 3.18. The molecule has 0 aliphatic heterocycles. The van der Waals surface area contributed by atoms with Crippen LogP contribution in [0.1, 0.15) is 20.8 Å². The molecule has 0 aromatic carbocycles. The molecule has 0 rings (SSSR count). The van der Waals surface area contributed by atoms with E-state index in [1.807, 2.05) is 6.20 Å². The van der Waals surface area contributed by atoms with E-state index >= 15 is 0 Å². The predicted octanol–water partition coefficient (Wildman–Crippen LogP) is 2.81. The molecule has 58 valence electrons. The summed E-state index contributed by atoms with van der Waals surface area (Å²) in [6.07, 6.45) is 1.97. The van der Waals surface area contributed by atoms with Gasteiger partial charge in [0.2, 0.25) is 0 Å². The van der Waals surface area contributed by atoms with Gasteiger partial charge < -0.3 is 0 Å². The van der Waals surface area contributed by atoms with Crippen LogP contribution in [0.25, 0.3) is 0 Å². The maximum Gasteiger partial charge on any atom is 0.0842 e. The predicted molar refractivity (Wildman–Crippen MR) is 54.0 cm³/mol. The first kappa shape index (κ1) is 9.94. The smallest absolute Gasteiger partial charge is 0.0842 e. The van der Waals surface area contributed by atoms with E-state index in [4.69, 9.17) is 0 Å². The summed E-state index contributed by atoms with van der Waals surface area (Å²) < 4.78 is 1.69. The average molecular weight is 252 g/mol. The fraction of sp³-hybridized carbons (Fsp3) is 0.571. The molecular weight excluding hydrogens is 239 g/mol. The minimum absolute atomic E-state index is 0.582. The summed E-state index contributed by atoms with van der Waals surface area (Å²) >= 11 is 2.08. The molecule has 2 nitrogen and oxygen atoms in total. The molecule has 0 N–H and O–H groups in total. The lowest BCUT2D eigenvalue weighted by Crippen LogP contribution is -1.96. The van der Waals surface area contributed by atoms with Crippen molar-refractivity contribution in [3.8, 4) is 0 Å². The Bertz CT molecular complexity index is 141. The van der Waals surface area contributed by atoms with Crippen molar-refractivity contribution in [1.29, 1.82) is 0 Å². The van der Waals surface area contributed by atoms with Crippen LogP contribution in [-0.2, 0) is 0 Å². The van der Waals surface area contributed by atoms with Crippen molar-refractivity contribution in [3.05, 3.63) is 11.8 Å². The maximum absolute atomic E-state index is 3.70. The molecule has 0 heterocycles. The van der Waals surface area contributed by atoms with E-state index in [0.717, 1.165) is 0 Å². The molecule has 3 heteroatoms. The Morgan fingerprint density at radius 1 is 1.70 bits per heavy atom. The number of hydrogen-bond acceptors (Lipinski definition) is 2. The standard InChI is InChI=1S/C7H13IN2/c1-6(2)7(3)5-10(8)9-4/h5-6H,4H2,1-3H3/b7-5+. The highest BCUT2D eigenvalue weighted by molar-refractivity contribution is 14.1. The molecule has 0 spiro atoms. The number of rotatable bonds is 3. The molecule has 10 heavy (non-hydrogen) atoms. The summed E-state index contributed by atoms with van der Waals surface area (Å²) in [7, 11) is 0. The Morgan fingerprint density at radius 3 is 2.50 bits per heavy atom. The molecule has 0 saturated heterocycles. The van der Waals surface area contributed by atoms with Crippen LogP contribution in [0.5, 0.6) is 0 Å². The fourth-order valence-corrected chi connectivity index (χ4v) is 0.797. The van der Waals surface area contributed by atoms with Crippen molar-refractivity contribution in [2.75, 3.05) is 0 Å². The lowest BCUT2D eigenvalue weighted by atomic mass is 10.1.